The minimum absolute atomic E-state index is 0.133. The van der Waals surface area contributed by atoms with E-state index in [1.807, 2.05) is 0 Å². The monoisotopic (exact) mass is 260 g/mol. The van der Waals surface area contributed by atoms with Crippen LogP contribution < -0.4 is 0 Å². The molecule has 2 atom stereocenters. The summed E-state index contributed by atoms with van der Waals surface area (Å²) >= 11 is 0. The Morgan fingerprint density at radius 1 is 1.22 bits per heavy atom. The second kappa shape index (κ2) is 9.34. The van der Waals surface area contributed by atoms with Gasteiger partial charge in [0.1, 0.15) is 5.60 Å². The van der Waals surface area contributed by atoms with Gasteiger partial charge in [-0.05, 0) is 20.3 Å². The van der Waals surface area contributed by atoms with Crippen molar-refractivity contribution in [3.63, 3.8) is 0 Å². The van der Waals surface area contributed by atoms with Crippen LogP contribution in [-0.2, 0) is 9.53 Å². The largest absolute Gasteiger partial charge is 0.466 e. The molecule has 0 amide bonds. The first kappa shape index (κ1) is 17.4. The second-order valence-electron chi connectivity index (χ2n) is 4.93. The Hall–Kier alpha value is -0.610. The number of aliphatic hydroxyl groups excluding tert-OH is 1. The minimum Gasteiger partial charge on any atom is -0.466 e. The highest BCUT2D eigenvalue weighted by molar-refractivity contribution is 5.70. The van der Waals surface area contributed by atoms with Crippen molar-refractivity contribution in [1.82, 2.24) is 0 Å². The minimum atomic E-state index is -1.35. The molecule has 0 fully saturated rings. The van der Waals surface area contributed by atoms with Crippen LogP contribution in [0.15, 0.2) is 0 Å². The van der Waals surface area contributed by atoms with Crippen LogP contribution in [0.4, 0.5) is 0 Å². The van der Waals surface area contributed by atoms with E-state index in [4.69, 9.17) is 4.74 Å². The lowest BCUT2D eigenvalue weighted by molar-refractivity contribution is -0.155. The molecular formula is C14H28O4. The standard InChI is InChI=1S/C14H28O4/c1-4-6-7-8-9-10-14(17,12(3)15)11-13(16)18-5-2/h12,15,17H,4-11H2,1-3H3. The van der Waals surface area contributed by atoms with Crippen LogP contribution in [0.2, 0.25) is 0 Å². The molecule has 0 aliphatic rings. The molecule has 4 heteroatoms. The van der Waals surface area contributed by atoms with Gasteiger partial charge in [-0.3, -0.25) is 4.79 Å². The van der Waals surface area contributed by atoms with E-state index in [1.54, 1.807) is 6.92 Å². The van der Waals surface area contributed by atoms with Crippen molar-refractivity contribution in [2.75, 3.05) is 6.61 Å². The van der Waals surface area contributed by atoms with Crippen molar-refractivity contribution >= 4 is 5.97 Å². The summed E-state index contributed by atoms with van der Waals surface area (Å²) in [4.78, 5) is 11.4. The predicted molar refractivity (Wildman–Crippen MR) is 71.3 cm³/mol. The topological polar surface area (TPSA) is 66.8 Å². The van der Waals surface area contributed by atoms with Gasteiger partial charge in [-0.25, -0.2) is 0 Å². The second-order valence-corrected chi connectivity index (χ2v) is 4.93. The van der Waals surface area contributed by atoms with Crippen molar-refractivity contribution in [2.45, 2.75) is 77.4 Å². The molecule has 2 N–H and O–H groups in total. The lowest BCUT2D eigenvalue weighted by Crippen LogP contribution is -2.42. The van der Waals surface area contributed by atoms with Crippen LogP contribution in [0.3, 0.4) is 0 Å². The Morgan fingerprint density at radius 3 is 2.33 bits per heavy atom. The number of esters is 1. The highest BCUT2D eigenvalue weighted by atomic mass is 16.5. The Kier molecular flexibility index (Phi) is 9.02. The molecule has 0 aliphatic heterocycles. The maximum Gasteiger partial charge on any atom is 0.308 e. The third kappa shape index (κ3) is 6.97. The Balaban J connectivity index is 4.13. The fourth-order valence-corrected chi connectivity index (χ4v) is 1.94. The van der Waals surface area contributed by atoms with Gasteiger partial charge in [-0.1, -0.05) is 39.0 Å². The van der Waals surface area contributed by atoms with Gasteiger partial charge in [0.2, 0.25) is 0 Å². The molecule has 0 spiro atoms. The van der Waals surface area contributed by atoms with Crippen molar-refractivity contribution in [1.29, 1.82) is 0 Å². The van der Waals surface area contributed by atoms with Gasteiger partial charge in [0, 0.05) is 0 Å². The molecule has 18 heavy (non-hydrogen) atoms. The molecule has 0 radical (unpaired) electrons. The van der Waals surface area contributed by atoms with Crippen LogP contribution in [0, 0.1) is 0 Å². The van der Waals surface area contributed by atoms with Gasteiger partial charge in [-0.2, -0.15) is 0 Å². The fraction of sp³-hybridized carbons (Fsp3) is 0.929. The van der Waals surface area contributed by atoms with E-state index in [9.17, 15) is 15.0 Å². The molecule has 0 aromatic rings. The number of ether oxygens (including phenoxy) is 1. The number of rotatable bonds is 10. The first-order valence-corrected chi connectivity index (χ1v) is 7.02. The predicted octanol–water partition coefficient (Wildman–Crippen LogP) is 2.41. The highest BCUT2D eigenvalue weighted by Crippen LogP contribution is 2.24. The SMILES string of the molecule is CCCCCCCC(O)(CC(=O)OCC)C(C)O. The number of hydrogen-bond acceptors (Lipinski definition) is 4. The highest BCUT2D eigenvalue weighted by Gasteiger charge is 2.35. The molecule has 4 nitrogen and oxygen atoms in total. The molecule has 0 heterocycles. The van der Waals surface area contributed by atoms with Gasteiger partial charge in [0.15, 0.2) is 0 Å². The molecule has 0 aromatic heterocycles. The van der Waals surface area contributed by atoms with Gasteiger partial charge in [0.25, 0.3) is 0 Å². The van der Waals surface area contributed by atoms with Crippen molar-refractivity contribution < 1.29 is 19.7 Å². The third-order valence-corrected chi connectivity index (χ3v) is 3.25. The lowest BCUT2D eigenvalue weighted by atomic mass is 9.87. The van der Waals surface area contributed by atoms with E-state index in [2.05, 4.69) is 6.92 Å². The number of unbranched alkanes of at least 4 members (excludes halogenated alkanes) is 4. The van der Waals surface area contributed by atoms with Gasteiger partial charge < -0.3 is 14.9 Å². The summed E-state index contributed by atoms with van der Waals surface area (Å²) in [6.07, 6.45) is 4.71. The Labute approximate surface area is 110 Å². The van der Waals surface area contributed by atoms with Gasteiger partial charge in [0.05, 0.1) is 19.1 Å². The first-order valence-electron chi connectivity index (χ1n) is 7.02. The Bertz CT molecular complexity index is 228. The average Bonchev–Trinajstić information content (AvgIpc) is 2.28. The molecular weight excluding hydrogens is 232 g/mol. The molecule has 0 bridgehead atoms. The van der Waals surface area contributed by atoms with Crippen LogP contribution >= 0.6 is 0 Å². The first-order chi connectivity index (χ1) is 8.46. The summed E-state index contributed by atoms with van der Waals surface area (Å²) in [5.41, 5.74) is -1.35. The summed E-state index contributed by atoms with van der Waals surface area (Å²) in [5.74, 6) is -0.450. The zero-order valence-electron chi connectivity index (χ0n) is 11.9. The van der Waals surface area contributed by atoms with Crippen molar-refractivity contribution in [2.24, 2.45) is 0 Å². The normalized spacial score (nSPS) is 16.1. The molecule has 0 rings (SSSR count). The van der Waals surface area contributed by atoms with E-state index < -0.39 is 17.7 Å². The van der Waals surface area contributed by atoms with Crippen molar-refractivity contribution in [3.05, 3.63) is 0 Å². The van der Waals surface area contributed by atoms with Gasteiger partial charge in [-0.15, -0.1) is 0 Å². The maximum absolute atomic E-state index is 11.4. The summed E-state index contributed by atoms with van der Waals surface area (Å²) in [5, 5.41) is 19.9. The number of carbonyl (C=O) groups excluding carboxylic acids is 1. The van der Waals surface area contributed by atoms with E-state index in [1.165, 1.54) is 19.8 Å². The molecule has 0 saturated heterocycles. The quantitative estimate of drug-likeness (QED) is 0.467. The van der Waals surface area contributed by atoms with Gasteiger partial charge >= 0.3 is 5.97 Å². The van der Waals surface area contributed by atoms with Crippen molar-refractivity contribution in [3.8, 4) is 0 Å². The average molecular weight is 260 g/mol. The third-order valence-electron chi connectivity index (χ3n) is 3.25. The van der Waals surface area contributed by atoms with Crippen LogP contribution in [0.5, 0.6) is 0 Å². The number of aliphatic hydroxyl groups is 2. The smallest absolute Gasteiger partial charge is 0.308 e. The van der Waals surface area contributed by atoms with E-state index >= 15 is 0 Å². The fourth-order valence-electron chi connectivity index (χ4n) is 1.94. The molecule has 0 aliphatic carbocycles. The van der Waals surface area contributed by atoms with E-state index in [0.29, 0.717) is 13.0 Å². The van der Waals surface area contributed by atoms with E-state index in [-0.39, 0.29) is 6.42 Å². The summed E-state index contributed by atoms with van der Waals surface area (Å²) < 4.78 is 4.82. The summed E-state index contributed by atoms with van der Waals surface area (Å²) in [6.45, 7) is 5.69. The zero-order valence-corrected chi connectivity index (χ0v) is 11.9. The van der Waals surface area contributed by atoms with Crippen LogP contribution in [0.1, 0.15) is 65.7 Å². The maximum atomic E-state index is 11.4. The molecule has 2 unspecified atom stereocenters. The molecule has 108 valence electrons. The number of hydrogen-bond donors (Lipinski definition) is 2. The van der Waals surface area contributed by atoms with Crippen LogP contribution in [0.25, 0.3) is 0 Å². The molecule has 0 aromatic carbocycles. The van der Waals surface area contributed by atoms with Crippen LogP contribution in [-0.4, -0.2) is 34.5 Å². The summed E-state index contributed by atoms with van der Waals surface area (Å²) in [6, 6.07) is 0. The molecule has 0 saturated carbocycles. The van der Waals surface area contributed by atoms with E-state index in [0.717, 1.165) is 19.3 Å². The zero-order chi connectivity index (χ0) is 14.0. The summed E-state index contributed by atoms with van der Waals surface area (Å²) in [7, 11) is 0. The number of carbonyl (C=O) groups is 1. The lowest BCUT2D eigenvalue weighted by Gasteiger charge is -2.30. The Morgan fingerprint density at radius 2 is 1.83 bits per heavy atom.